The Bertz CT molecular complexity index is 1040. The van der Waals surface area contributed by atoms with Crippen molar-refractivity contribution in [1.82, 2.24) is 24.6 Å². The van der Waals surface area contributed by atoms with Crippen LogP contribution in [0.25, 0.3) is 0 Å². The first-order valence-electron chi connectivity index (χ1n) is 19.4. The van der Waals surface area contributed by atoms with Crippen molar-refractivity contribution in [3.8, 4) is 0 Å². The third kappa shape index (κ3) is 12.4. The highest BCUT2D eigenvalue weighted by molar-refractivity contribution is 7.45. The lowest BCUT2D eigenvalue weighted by Gasteiger charge is -2.52. The van der Waals surface area contributed by atoms with E-state index < -0.39 is 25.6 Å². The van der Waals surface area contributed by atoms with Gasteiger partial charge in [-0.15, -0.1) is 0 Å². The largest absolute Gasteiger partial charge is 0.321 e. The maximum absolute atomic E-state index is 6.59. The summed E-state index contributed by atoms with van der Waals surface area (Å²) in [7, 11) is -3.60. The van der Waals surface area contributed by atoms with Crippen molar-refractivity contribution < 1.29 is 27.1 Å². The molecule has 0 radical (unpaired) electrons. The third-order valence-corrected chi connectivity index (χ3v) is 15.3. The topological polar surface area (TPSA) is 89.2 Å². The van der Waals surface area contributed by atoms with Crippen molar-refractivity contribution in [2.45, 2.75) is 157 Å². The van der Waals surface area contributed by atoms with Crippen LogP contribution in [0.15, 0.2) is 0 Å². The van der Waals surface area contributed by atoms with E-state index in [1.807, 2.05) is 0 Å². The van der Waals surface area contributed by atoms with Crippen LogP contribution in [-0.4, -0.2) is 114 Å². The molecule has 51 heavy (non-hydrogen) atoms. The maximum atomic E-state index is 6.59. The first-order valence-corrected chi connectivity index (χ1v) is 22.8. The third-order valence-electron chi connectivity index (χ3n) is 10.4. The number of rotatable bonds is 11. The highest BCUT2D eigenvalue weighted by Gasteiger charge is 2.47. The number of nitrogens with zero attached hydrogens (tertiary/aromatic N) is 3. The van der Waals surface area contributed by atoms with Crippen LogP contribution < -0.4 is 10.6 Å². The Morgan fingerprint density at radius 3 is 0.941 bits per heavy atom. The van der Waals surface area contributed by atoms with Crippen molar-refractivity contribution in [2.24, 2.45) is 16.2 Å². The van der Waals surface area contributed by atoms with Gasteiger partial charge in [-0.05, 0) is 81.1 Å². The average molecular weight is 778 g/mol. The van der Waals surface area contributed by atoms with Gasteiger partial charge in [0.15, 0.2) is 0 Å². The van der Waals surface area contributed by atoms with Gasteiger partial charge in [0.05, 0.1) is 39.6 Å². The van der Waals surface area contributed by atoms with Gasteiger partial charge in [-0.3, -0.25) is 0 Å². The van der Waals surface area contributed by atoms with Crippen LogP contribution in [0.1, 0.15) is 123 Å². The van der Waals surface area contributed by atoms with E-state index in [-0.39, 0.29) is 38.4 Å². The van der Waals surface area contributed by atoms with E-state index in [4.69, 9.17) is 27.1 Å². The maximum Gasteiger partial charge on any atom is 0.259 e. The molecule has 5 aliphatic heterocycles. The highest BCUT2D eigenvalue weighted by atomic mass is 31.2. The van der Waals surface area contributed by atoms with E-state index in [2.05, 4.69) is 122 Å². The minimum absolute atomic E-state index is 0.000707. The second-order valence-electron chi connectivity index (χ2n) is 21.0. The van der Waals surface area contributed by atoms with E-state index >= 15 is 0 Å². The zero-order valence-electron chi connectivity index (χ0n) is 34.7. The fraction of sp³-hybridized carbons (Fsp3) is 1.00. The molecule has 2 N–H and O–H groups in total. The zero-order valence-corrected chi connectivity index (χ0v) is 37.4. The Labute approximate surface area is 315 Å². The van der Waals surface area contributed by atoms with Gasteiger partial charge in [0, 0.05) is 76.7 Å². The van der Waals surface area contributed by atoms with E-state index in [1.165, 1.54) is 0 Å². The van der Waals surface area contributed by atoms with Crippen LogP contribution in [0, 0.1) is 16.2 Å². The molecule has 11 nitrogen and oxygen atoms in total. The lowest BCUT2D eigenvalue weighted by atomic mass is 9.79. The van der Waals surface area contributed by atoms with Gasteiger partial charge in [-0.2, -0.15) is 0 Å². The molecule has 0 bridgehead atoms. The lowest BCUT2D eigenvalue weighted by molar-refractivity contribution is 0.0204. The van der Waals surface area contributed by atoms with Gasteiger partial charge in [-0.25, -0.2) is 14.0 Å². The van der Waals surface area contributed by atoms with Gasteiger partial charge >= 0.3 is 0 Å². The van der Waals surface area contributed by atoms with Gasteiger partial charge in [0.2, 0.25) is 0 Å². The first kappa shape index (κ1) is 43.0. The van der Waals surface area contributed by atoms with Crippen LogP contribution in [0.2, 0.25) is 0 Å². The molecule has 0 aromatic rings. The summed E-state index contributed by atoms with van der Waals surface area (Å²) in [6.07, 6.45) is 4.13. The number of hydrogen-bond donors (Lipinski definition) is 2. The van der Waals surface area contributed by atoms with Crippen LogP contribution in [0.5, 0.6) is 0 Å². The predicted octanol–water partition coefficient (Wildman–Crippen LogP) is 8.41. The van der Waals surface area contributed by atoms with Crippen molar-refractivity contribution >= 4 is 25.6 Å². The normalized spacial score (nSPS) is 30.3. The Hall–Kier alpha value is 0.850. The molecule has 5 rings (SSSR count). The summed E-state index contributed by atoms with van der Waals surface area (Å²) in [6, 6.07) is 0.661. The molecular formula is C37H74N5O6P3. The van der Waals surface area contributed by atoms with Crippen molar-refractivity contribution in [1.29, 1.82) is 0 Å². The highest BCUT2D eigenvalue weighted by Crippen LogP contribution is 2.55. The Morgan fingerprint density at radius 2 is 0.667 bits per heavy atom. The average Bonchev–Trinajstić information content (AvgIpc) is 2.94. The van der Waals surface area contributed by atoms with Gasteiger partial charge in [-0.1, -0.05) is 41.5 Å². The molecule has 5 saturated heterocycles. The summed E-state index contributed by atoms with van der Waals surface area (Å²) < 4.78 is 47.2. The molecule has 0 atom stereocenters. The number of piperidine rings is 2. The van der Waals surface area contributed by atoms with E-state index in [1.54, 1.807) is 0 Å². The summed E-state index contributed by atoms with van der Waals surface area (Å²) in [4.78, 5) is 0. The summed E-state index contributed by atoms with van der Waals surface area (Å²) >= 11 is 0. The van der Waals surface area contributed by atoms with E-state index in [0.717, 1.165) is 51.9 Å². The molecular weight excluding hydrogens is 703 g/mol. The van der Waals surface area contributed by atoms with Gasteiger partial charge in [0.25, 0.3) is 25.6 Å². The molecule has 5 fully saturated rings. The van der Waals surface area contributed by atoms with Crippen LogP contribution >= 0.6 is 25.6 Å². The molecule has 0 unspecified atom stereocenters. The molecule has 0 aliphatic carbocycles. The van der Waals surface area contributed by atoms with Crippen LogP contribution in [0.4, 0.5) is 0 Å². The van der Waals surface area contributed by atoms with Gasteiger partial charge < -0.3 is 37.8 Å². The number of nitrogens with one attached hydrogen (secondary N) is 2. The Morgan fingerprint density at radius 1 is 0.412 bits per heavy atom. The first-order chi connectivity index (χ1) is 23.3. The van der Waals surface area contributed by atoms with Crippen LogP contribution in [-0.2, 0) is 27.1 Å². The van der Waals surface area contributed by atoms with E-state index in [9.17, 15) is 0 Å². The fourth-order valence-corrected chi connectivity index (χ4v) is 14.3. The summed E-state index contributed by atoms with van der Waals surface area (Å²) in [6.45, 7) is 39.4. The number of hydrogen-bond acceptors (Lipinski definition) is 11. The summed E-state index contributed by atoms with van der Waals surface area (Å²) in [5.74, 6) is 0. The zero-order chi connectivity index (χ0) is 37.7. The molecule has 0 saturated carbocycles. The van der Waals surface area contributed by atoms with Crippen molar-refractivity contribution in [3.05, 3.63) is 0 Å². The Kier molecular flexibility index (Phi) is 13.5. The van der Waals surface area contributed by atoms with E-state index in [0.29, 0.717) is 51.7 Å². The monoisotopic (exact) mass is 777 g/mol. The summed E-state index contributed by atoms with van der Waals surface area (Å²) in [5.41, 5.74) is 0.0678. The molecule has 0 amide bonds. The molecule has 14 heteroatoms. The minimum atomic E-state index is -1.22. The fourth-order valence-electron chi connectivity index (χ4n) is 8.54. The second kappa shape index (κ2) is 16.0. The quantitative estimate of drug-likeness (QED) is 0.198. The molecule has 0 spiro atoms. The molecule has 0 aromatic heterocycles. The SMILES string of the molecule is CC1(C)COP(N(CCN(C2CC(C)(C)NC(C)(C)C2)P2OCC(C)(C)CO2)CCN(C2CC(C)(C)NC(C)(C)C2)P2OCC(C)(C)CO2)OC1. The standard InChI is InChI=1S/C37H74N5O6P3/c1-31(2)23-43-49(44-24-31)40(15-17-41(50-45-25-32(3,4)26-46-50)29-19-34(7,8)38-35(9,10)20-29)16-18-42(51-47-27-33(5,6)28-48-51)30-21-36(11,12)39-37(13,14)22-30/h29-30,38-39H,15-28H2,1-14H3. The van der Waals surface area contributed by atoms with Crippen molar-refractivity contribution in [2.75, 3.05) is 65.8 Å². The molecule has 5 aliphatic rings. The Balaban J connectivity index is 1.38. The molecule has 0 aromatic carbocycles. The smallest absolute Gasteiger partial charge is 0.259 e. The van der Waals surface area contributed by atoms with Crippen LogP contribution in [0.3, 0.4) is 0 Å². The van der Waals surface area contributed by atoms with Gasteiger partial charge in [0.1, 0.15) is 0 Å². The molecule has 5 heterocycles. The summed E-state index contributed by atoms with van der Waals surface area (Å²) in [5, 5.41) is 7.78. The second-order valence-corrected chi connectivity index (χ2v) is 25.6. The predicted molar refractivity (Wildman–Crippen MR) is 211 cm³/mol. The minimum Gasteiger partial charge on any atom is -0.321 e. The lowest BCUT2D eigenvalue weighted by Crippen LogP contribution is -2.62. The molecule has 298 valence electrons. The van der Waals surface area contributed by atoms with Crippen molar-refractivity contribution in [3.63, 3.8) is 0 Å².